The Morgan fingerprint density at radius 1 is 1.16 bits per heavy atom. The van der Waals surface area contributed by atoms with Gasteiger partial charge in [0.2, 0.25) is 0 Å². The summed E-state index contributed by atoms with van der Waals surface area (Å²) in [6.45, 7) is 8.54. The van der Waals surface area contributed by atoms with Gasteiger partial charge in [0.15, 0.2) is 5.82 Å². The topological polar surface area (TPSA) is 25.8 Å². The van der Waals surface area contributed by atoms with Gasteiger partial charge in [0.25, 0.3) is 0 Å². The highest BCUT2D eigenvalue weighted by molar-refractivity contribution is 6.29. The van der Waals surface area contributed by atoms with Crippen molar-refractivity contribution in [1.29, 1.82) is 0 Å². The summed E-state index contributed by atoms with van der Waals surface area (Å²) < 4.78 is 0. The molecule has 19 heavy (non-hydrogen) atoms. The van der Waals surface area contributed by atoms with Crippen LogP contribution in [0.1, 0.15) is 30.7 Å². The molecule has 0 atom stereocenters. The lowest BCUT2D eigenvalue weighted by Gasteiger charge is -2.10. The zero-order chi connectivity index (χ0) is 14.0. The Bertz CT molecular complexity index is 591. The SMILES string of the molecule is Cc1cccc(-c2nc(Cl)cc(CC(C)C)n2)c1C. The Kier molecular flexibility index (Phi) is 4.20. The molecule has 2 rings (SSSR count). The van der Waals surface area contributed by atoms with Gasteiger partial charge in [-0.2, -0.15) is 0 Å². The van der Waals surface area contributed by atoms with Gasteiger partial charge in [-0.25, -0.2) is 9.97 Å². The molecule has 0 aliphatic heterocycles. The third-order valence-corrected chi connectivity index (χ3v) is 3.40. The lowest BCUT2D eigenvalue weighted by Crippen LogP contribution is -2.01. The van der Waals surface area contributed by atoms with Gasteiger partial charge in [0.1, 0.15) is 5.15 Å². The second-order valence-electron chi connectivity index (χ2n) is 5.35. The molecule has 1 heterocycles. The fraction of sp³-hybridized carbons (Fsp3) is 0.375. The van der Waals surface area contributed by atoms with E-state index in [2.05, 4.69) is 43.7 Å². The van der Waals surface area contributed by atoms with Crippen LogP contribution in [0.25, 0.3) is 11.4 Å². The Balaban J connectivity index is 2.50. The zero-order valence-electron chi connectivity index (χ0n) is 11.9. The van der Waals surface area contributed by atoms with Crippen LogP contribution in [-0.2, 0) is 6.42 Å². The smallest absolute Gasteiger partial charge is 0.161 e. The average molecular weight is 275 g/mol. The second kappa shape index (κ2) is 5.70. The predicted molar refractivity (Wildman–Crippen MR) is 80.5 cm³/mol. The first-order valence-electron chi connectivity index (χ1n) is 6.57. The first-order chi connectivity index (χ1) is 8.97. The lowest BCUT2D eigenvalue weighted by atomic mass is 10.0. The minimum absolute atomic E-state index is 0.515. The van der Waals surface area contributed by atoms with Crippen LogP contribution in [-0.4, -0.2) is 9.97 Å². The van der Waals surface area contributed by atoms with E-state index in [9.17, 15) is 0 Å². The third kappa shape index (κ3) is 3.32. The average Bonchev–Trinajstić information content (AvgIpc) is 2.31. The van der Waals surface area contributed by atoms with Crippen LogP contribution in [0.3, 0.4) is 0 Å². The highest BCUT2D eigenvalue weighted by atomic mass is 35.5. The van der Waals surface area contributed by atoms with E-state index >= 15 is 0 Å². The first kappa shape index (κ1) is 14.0. The minimum atomic E-state index is 0.515. The molecule has 0 bridgehead atoms. The molecule has 1 aromatic heterocycles. The summed E-state index contributed by atoms with van der Waals surface area (Å²) in [5.74, 6) is 1.28. The van der Waals surface area contributed by atoms with Gasteiger partial charge in [-0.15, -0.1) is 0 Å². The Morgan fingerprint density at radius 2 is 1.89 bits per heavy atom. The molecule has 0 fully saturated rings. The summed E-state index contributed by atoms with van der Waals surface area (Å²) in [7, 11) is 0. The molecule has 3 heteroatoms. The number of nitrogens with zero attached hydrogens (tertiary/aromatic N) is 2. The van der Waals surface area contributed by atoms with E-state index in [1.54, 1.807) is 0 Å². The van der Waals surface area contributed by atoms with E-state index in [-0.39, 0.29) is 0 Å². The highest BCUT2D eigenvalue weighted by Gasteiger charge is 2.10. The van der Waals surface area contributed by atoms with Crippen molar-refractivity contribution in [2.75, 3.05) is 0 Å². The van der Waals surface area contributed by atoms with Crippen LogP contribution in [0.2, 0.25) is 5.15 Å². The van der Waals surface area contributed by atoms with Crippen LogP contribution in [0.5, 0.6) is 0 Å². The van der Waals surface area contributed by atoms with E-state index in [1.165, 1.54) is 11.1 Å². The summed E-state index contributed by atoms with van der Waals surface area (Å²) in [4.78, 5) is 9.02. The van der Waals surface area contributed by atoms with Gasteiger partial charge in [-0.3, -0.25) is 0 Å². The van der Waals surface area contributed by atoms with E-state index in [4.69, 9.17) is 11.6 Å². The second-order valence-corrected chi connectivity index (χ2v) is 5.74. The van der Waals surface area contributed by atoms with Gasteiger partial charge in [0.05, 0.1) is 0 Å². The normalized spacial score (nSPS) is 11.1. The molecule has 0 amide bonds. The first-order valence-corrected chi connectivity index (χ1v) is 6.95. The van der Waals surface area contributed by atoms with E-state index < -0.39 is 0 Å². The highest BCUT2D eigenvalue weighted by Crippen LogP contribution is 2.24. The predicted octanol–water partition coefficient (Wildman–Crippen LogP) is 4.61. The van der Waals surface area contributed by atoms with Crippen LogP contribution in [0.15, 0.2) is 24.3 Å². The van der Waals surface area contributed by atoms with Crippen LogP contribution in [0, 0.1) is 19.8 Å². The summed E-state index contributed by atoms with van der Waals surface area (Å²) in [6, 6.07) is 8.03. The molecule has 1 aromatic carbocycles. The zero-order valence-corrected chi connectivity index (χ0v) is 12.6. The molecule has 0 radical (unpaired) electrons. The van der Waals surface area contributed by atoms with Crippen molar-refractivity contribution in [2.45, 2.75) is 34.1 Å². The monoisotopic (exact) mass is 274 g/mol. The third-order valence-electron chi connectivity index (χ3n) is 3.21. The molecule has 0 aliphatic carbocycles. The fourth-order valence-corrected chi connectivity index (χ4v) is 2.31. The fourth-order valence-electron chi connectivity index (χ4n) is 2.10. The molecule has 0 spiro atoms. The molecule has 0 saturated carbocycles. The van der Waals surface area contributed by atoms with Gasteiger partial charge in [-0.05, 0) is 43.4 Å². The van der Waals surface area contributed by atoms with Crippen molar-refractivity contribution < 1.29 is 0 Å². The molecule has 100 valence electrons. The largest absolute Gasteiger partial charge is 0.233 e. The van der Waals surface area contributed by atoms with Crippen LogP contribution in [0.4, 0.5) is 0 Å². The van der Waals surface area contributed by atoms with Crippen LogP contribution >= 0.6 is 11.6 Å². The van der Waals surface area contributed by atoms with E-state index in [1.807, 2.05) is 18.2 Å². The number of hydrogen-bond donors (Lipinski definition) is 0. The number of aryl methyl sites for hydroxylation is 1. The number of halogens is 1. The maximum Gasteiger partial charge on any atom is 0.161 e. The van der Waals surface area contributed by atoms with Crippen molar-refractivity contribution in [1.82, 2.24) is 9.97 Å². The summed E-state index contributed by atoms with van der Waals surface area (Å²) in [5, 5.41) is 0.515. The standard InChI is InChI=1S/C16H19ClN2/c1-10(2)8-13-9-15(17)19-16(18-13)14-7-5-6-11(3)12(14)4/h5-7,9-10H,8H2,1-4H3. The Hall–Kier alpha value is -1.41. The van der Waals surface area contributed by atoms with E-state index in [0.717, 1.165) is 23.5 Å². The number of rotatable bonds is 3. The molecule has 0 aliphatic rings. The Morgan fingerprint density at radius 3 is 2.58 bits per heavy atom. The molecular weight excluding hydrogens is 256 g/mol. The quantitative estimate of drug-likeness (QED) is 0.764. The summed E-state index contributed by atoms with van der Waals surface area (Å²) >= 11 is 6.12. The van der Waals surface area contributed by atoms with Gasteiger partial charge >= 0.3 is 0 Å². The van der Waals surface area contributed by atoms with Crippen molar-refractivity contribution in [3.63, 3.8) is 0 Å². The van der Waals surface area contributed by atoms with Crippen molar-refractivity contribution >= 4 is 11.6 Å². The minimum Gasteiger partial charge on any atom is -0.233 e. The van der Waals surface area contributed by atoms with Crippen LogP contribution < -0.4 is 0 Å². The molecule has 0 N–H and O–H groups in total. The Labute approximate surface area is 119 Å². The number of benzene rings is 1. The maximum absolute atomic E-state index is 6.12. The summed E-state index contributed by atoms with van der Waals surface area (Å²) in [6.07, 6.45) is 0.917. The van der Waals surface area contributed by atoms with Crippen molar-refractivity contribution in [2.24, 2.45) is 5.92 Å². The maximum atomic E-state index is 6.12. The molecule has 0 saturated heterocycles. The van der Waals surface area contributed by atoms with Gasteiger partial charge in [0, 0.05) is 11.3 Å². The number of hydrogen-bond acceptors (Lipinski definition) is 2. The number of aromatic nitrogens is 2. The molecule has 2 aromatic rings. The molecular formula is C16H19ClN2. The lowest BCUT2D eigenvalue weighted by molar-refractivity contribution is 0.634. The molecule has 0 unspecified atom stereocenters. The van der Waals surface area contributed by atoms with E-state index in [0.29, 0.717) is 11.1 Å². The van der Waals surface area contributed by atoms with Gasteiger partial charge in [-0.1, -0.05) is 43.6 Å². The van der Waals surface area contributed by atoms with Crippen molar-refractivity contribution in [3.05, 3.63) is 46.2 Å². The molecule has 2 nitrogen and oxygen atoms in total. The van der Waals surface area contributed by atoms with Gasteiger partial charge < -0.3 is 0 Å². The summed E-state index contributed by atoms with van der Waals surface area (Å²) in [5.41, 5.74) is 4.52. The van der Waals surface area contributed by atoms with Crippen molar-refractivity contribution in [3.8, 4) is 11.4 Å².